The van der Waals surface area contributed by atoms with Crippen molar-refractivity contribution in [1.29, 1.82) is 0 Å². The van der Waals surface area contributed by atoms with Gasteiger partial charge in [0, 0.05) is 24.5 Å². The molecule has 0 saturated heterocycles. The van der Waals surface area contributed by atoms with Gasteiger partial charge in [0.15, 0.2) is 6.04 Å². The molecule has 36 heavy (non-hydrogen) atoms. The largest absolute Gasteiger partial charge is 0.410 e. The number of aromatic nitrogens is 2. The normalized spacial score (nSPS) is 21.4. The first kappa shape index (κ1) is 24.4. The molecule has 1 amide bonds. The van der Waals surface area contributed by atoms with Crippen molar-refractivity contribution in [3.63, 3.8) is 0 Å². The number of carbonyl (C=O) groups is 1. The lowest BCUT2D eigenvalue weighted by Crippen LogP contribution is -2.51. The maximum atomic E-state index is 13.9. The fourth-order valence-electron chi connectivity index (χ4n) is 5.20. The van der Waals surface area contributed by atoms with E-state index in [9.17, 15) is 18.0 Å². The SMILES string of the molecule is CC(C)(CNC1CCc2ccccc21)NC(=O)c1cnn2c1NC(c1ccccc1)CC2C(F)(F)F. The quantitative estimate of drug-likeness (QED) is 0.431. The molecule has 0 spiro atoms. The molecular formula is C27H30F3N5O. The van der Waals surface area contributed by atoms with E-state index in [4.69, 9.17) is 0 Å². The number of hydrogen-bond acceptors (Lipinski definition) is 4. The molecule has 6 nitrogen and oxygen atoms in total. The molecule has 0 radical (unpaired) electrons. The van der Waals surface area contributed by atoms with Gasteiger partial charge in [-0.2, -0.15) is 18.3 Å². The highest BCUT2D eigenvalue weighted by Gasteiger charge is 2.47. The summed E-state index contributed by atoms with van der Waals surface area (Å²) in [5.41, 5.74) is 2.80. The predicted octanol–water partition coefficient (Wildman–Crippen LogP) is 5.33. The molecule has 1 aliphatic carbocycles. The monoisotopic (exact) mass is 497 g/mol. The fraction of sp³-hybridized carbons (Fsp3) is 0.407. The topological polar surface area (TPSA) is 71.0 Å². The number of aryl methyl sites for hydroxylation is 1. The van der Waals surface area contributed by atoms with Crippen molar-refractivity contribution < 1.29 is 18.0 Å². The lowest BCUT2D eigenvalue weighted by atomic mass is 9.96. The number of nitrogens with zero attached hydrogens (tertiary/aromatic N) is 2. The molecule has 3 unspecified atom stereocenters. The maximum absolute atomic E-state index is 13.9. The van der Waals surface area contributed by atoms with E-state index in [1.807, 2.05) is 32.0 Å². The Bertz CT molecular complexity index is 1240. The van der Waals surface area contributed by atoms with Gasteiger partial charge in [-0.1, -0.05) is 54.6 Å². The summed E-state index contributed by atoms with van der Waals surface area (Å²) in [6, 6.07) is 15.1. The van der Waals surface area contributed by atoms with Gasteiger partial charge in [-0.25, -0.2) is 4.68 Å². The summed E-state index contributed by atoms with van der Waals surface area (Å²) in [6.07, 6.45) is -1.48. The molecule has 1 aromatic heterocycles. The molecule has 0 fully saturated rings. The van der Waals surface area contributed by atoms with E-state index in [2.05, 4.69) is 33.2 Å². The first-order valence-electron chi connectivity index (χ1n) is 12.2. The minimum Gasteiger partial charge on any atom is -0.363 e. The van der Waals surface area contributed by atoms with Crippen LogP contribution in [-0.4, -0.2) is 33.9 Å². The van der Waals surface area contributed by atoms with E-state index in [-0.39, 0.29) is 23.8 Å². The molecular weight excluding hydrogens is 467 g/mol. The van der Waals surface area contributed by atoms with Gasteiger partial charge in [-0.3, -0.25) is 4.79 Å². The van der Waals surface area contributed by atoms with Crippen LogP contribution in [0, 0.1) is 0 Å². The Kier molecular flexibility index (Phi) is 6.28. The minimum absolute atomic E-state index is 0.0865. The lowest BCUT2D eigenvalue weighted by Gasteiger charge is -2.34. The number of carbonyl (C=O) groups excluding carboxylic acids is 1. The Labute approximate surface area is 208 Å². The van der Waals surface area contributed by atoms with Crippen LogP contribution in [0.3, 0.4) is 0 Å². The Morgan fingerprint density at radius 2 is 1.83 bits per heavy atom. The second kappa shape index (κ2) is 9.28. The number of alkyl halides is 3. The van der Waals surface area contributed by atoms with E-state index in [1.165, 1.54) is 17.3 Å². The summed E-state index contributed by atoms with van der Waals surface area (Å²) in [7, 11) is 0. The highest BCUT2D eigenvalue weighted by molar-refractivity contribution is 5.99. The highest BCUT2D eigenvalue weighted by atomic mass is 19.4. The number of rotatable bonds is 6. The molecule has 3 aromatic rings. The van der Waals surface area contributed by atoms with Gasteiger partial charge in [0.2, 0.25) is 0 Å². The van der Waals surface area contributed by atoms with Crippen LogP contribution < -0.4 is 16.0 Å². The van der Waals surface area contributed by atoms with E-state index in [0.717, 1.165) is 23.1 Å². The third kappa shape index (κ3) is 4.84. The lowest BCUT2D eigenvalue weighted by molar-refractivity contribution is -0.173. The van der Waals surface area contributed by atoms with Crippen molar-refractivity contribution >= 4 is 11.7 Å². The molecule has 2 aromatic carbocycles. The van der Waals surface area contributed by atoms with Crippen LogP contribution in [0.2, 0.25) is 0 Å². The summed E-state index contributed by atoms with van der Waals surface area (Å²) in [5, 5.41) is 13.7. The molecule has 0 saturated carbocycles. The summed E-state index contributed by atoms with van der Waals surface area (Å²) < 4.78 is 42.7. The van der Waals surface area contributed by atoms with Gasteiger partial charge >= 0.3 is 6.18 Å². The third-order valence-corrected chi connectivity index (χ3v) is 7.06. The highest BCUT2D eigenvalue weighted by Crippen LogP contribution is 2.44. The van der Waals surface area contributed by atoms with Crippen molar-refractivity contribution in [2.24, 2.45) is 0 Å². The number of hydrogen-bond donors (Lipinski definition) is 3. The number of benzene rings is 2. The van der Waals surface area contributed by atoms with Crippen LogP contribution in [0.1, 0.15) is 71.9 Å². The summed E-state index contributed by atoms with van der Waals surface area (Å²) >= 11 is 0. The van der Waals surface area contributed by atoms with Gasteiger partial charge in [0.1, 0.15) is 11.4 Å². The number of halogens is 3. The molecule has 9 heteroatoms. The molecule has 2 aliphatic rings. The van der Waals surface area contributed by atoms with Crippen LogP contribution in [-0.2, 0) is 6.42 Å². The van der Waals surface area contributed by atoms with Crippen molar-refractivity contribution in [3.8, 4) is 0 Å². The summed E-state index contributed by atoms with van der Waals surface area (Å²) in [4.78, 5) is 13.3. The molecule has 0 bridgehead atoms. The van der Waals surface area contributed by atoms with Crippen molar-refractivity contribution in [3.05, 3.63) is 83.0 Å². The van der Waals surface area contributed by atoms with Crippen LogP contribution >= 0.6 is 0 Å². The van der Waals surface area contributed by atoms with Crippen LogP contribution in [0.25, 0.3) is 0 Å². The van der Waals surface area contributed by atoms with E-state index in [0.29, 0.717) is 6.54 Å². The number of nitrogens with one attached hydrogen (secondary N) is 3. The minimum atomic E-state index is -4.50. The van der Waals surface area contributed by atoms with E-state index < -0.39 is 29.7 Å². The van der Waals surface area contributed by atoms with Gasteiger partial charge in [-0.05, 0) is 43.4 Å². The predicted molar refractivity (Wildman–Crippen MR) is 132 cm³/mol. The summed E-state index contributed by atoms with van der Waals surface area (Å²) in [5.74, 6) is -0.375. The molecule has 3 atom stereocenters. The number of amides is 1. The Balaban J connectivity index is 1.33. The number of anilines is 1. The smallest absolute Gasteiger partial charge is 0.363 e. The van der Waals surface area contributed by atoms with Gasteiger partial charge < -0.3 is 16.0 Å². The maximum Gasteiger partial charge on any atom is 0.410 e. The zero-order valence-corrected chi connectivity index (χ0v) is 20.3. The first-order chi connectivity index (χ1) is 17.1. The number of fused-ring (bicyclic) bond motifs is 2. The van der Waals surface area contributed by atoms with E-state index >= 15 is 0 Å². The average molecular weight is 498 g/mol. The van der Waals surface area contributed by atoms with Gasteiger partial charge in [0.05, 0.1) is 12.2 Å². The molecule has 3 N–H and O–H groups in total. The van der Waals surface area contributed by atoms with Crippen molar-refractivity contribution in [2.75, 3.05) is 11.9 Å². The van der Waals surface area contributed by atoms with Crippen LogP contribution in [0.15, 0.2) is 60.8 Å². The Hall–Kier alpha value is -3.33. The van der Waals surface area contributed by atoms with E-state index in [1.54, 1.807) is 24.3 Å². The molecule has 190 valence electrons. The second-order valence-corrected chi connectivity index (χ2v) is 10.3. The van der Waals surface area contributed by atoms with Crippen LogP contribution in [0.4, 0.5) is 19.0 Å². The Morgan fingerprint density at radius 3 is 2.58 bits per heavy atom. The van der Waals surface area contributed by atoms with Gasteiger partial charge in [0.25, 0.3) is 5.91 Å². The molecule has 5 rings (SSSR count). The first-order valence-corrected chi connectivity index (χ1v) is 12.2. The molecule has 1 aliphatic heterocycles. The third-order valence-electron chi connectivity index (χ3n) is 7.06. The summed E-state index contributed by atoms with van der Waals surface area (Å²) in [6.45, 7) is 4.30. The fourth-order valence-corrected chi connectivity index (χ4v) is 5.20. The van der Waals surface area contributed by atoms with Crippen molar-refractivity contribution in [2.45, 2.75) is 63.0 Å². The standard InChI is InChI=1S/C27H30F3N5O/c1-26(2,16-31-21-13-12-17-8-6-7-11-19(17)21)34-25(36)20-15-32-35-23(27(28,29)30)14-22(33-24(20)35)18-9-4-3-5-10-18/h3-11,15,21-23,31,33H,12-14,16H2,1-2H3,(H,34,36). The van der Waals surface area contributed by atoms with Crippen molar-refractivity contribution in [1.82, 2.24) is 20.4 Å². The Morgan fingerprint density at radius 1 is 1.11 bits per heavy atom. The zero-order chi connectivity index (χ0) is 25.5. The second-order valence-electron chi connectivity index (χ2n) is 10.3. The average Bonchev–Trinajstić information content (AvgIpc) is 3.46. The zero-order valence-electron chi connectivity index (χ0n) is 20.3. The van der Waals surface area contributed by atoms with Gasteiger partial charge in [-0.15, -0.1) is 0 Å². The molecule has 2 heterocycles. The van der Waals surface area contributed by atoms with Crippen LogP contribution in [0.5, 0.6) is 0 Å².